The highest BCUT2D eigenvalue weighted by molar-refractivity contribution is 9.10. The highest BCUT2D eigenvalue weighted by Crippen LogP contribution is 2.34. The zero-order valence-electron chi connectivity index (χ0n) is 17.2. The quantitative estimate of drug-likeness (QED) is 0.398. The summed E-state index contributed by atoms with van der Waals surface area (Å²) in [6.45, 7) is -0.292. The van der Waals surface area contributed by atoms with E-state index in [1.165, 1.54) is 6.07 Å². The van der Waals surface area contributed by atoms with Crippen LogP contribution in [0.3, 0.4) is 0 Å². The number of amides is 1. The molecule has 0 atom stereocenters. The monoisotopic (exact) mass is 555 g/mol. The molecule has 0 saturated heterocycles. The third kappa shape index (κ3) is 5.75. The minimum absolute atomic E-state index is 0.0380. The predicted molar refractivity (Wildman–Crippen MR) is 127 cm³/mol. The molecular formula is C22H19BrClNO7S. The van der Waals surface area contributed by atoms with E-state index in [1.807, 2.05) is 4.72 Å². The smallest absolute Gasteiger partial charge is 0.259 e. The second kappa shape index (κ2) is 9.84. The highest BCUT2D eigenvalue weighted by Gasteiger charge is 2.36. The van der Waals surface area contributed by atoms with Crippen LogP contribution in [0.2, 0.25) is 5.02 Å². The molecule has 3 aromatic rings. The van der Waals surface area contributed by atoms with Gasteiger partial charge in [0, 0.05) is 10.5 Å². The minimum Gasteiger partial charge on any atom is -0.490 e. The molecule has 1 aliphatic rings. The molecule has 0 unspecified atom stereocenters. The molecule has 0 radical (unpaired) electrons. The van der Waals surface area contributed by atoms with E-state index in [-0.39, 0.29) is 30.0 Å². The fourth-order valence-electron chi connectivity index (χ4n) is 3.12. The molecule has 0 bridgehead atoms. The normalized spacial score (nSPS) is 13.8. The van der Waals surface area contributed by atoms with Crippen molar-refractivity contribution in [1.82, 2.24) is 4.72 Å². The molecule has 11 heteroatoms. The summed E-state index contributed by atoms with van der Waals surface area (Å²) in [6.07, 6.45) is 1.13. The molecule has 174 valence electrons. The third-order valence-electron chi connectivity index (χ3n) is 4.85. The number of rotatable bonds is 9. The molecule has 1 heterocycles. The summed E-state index contributed by atoms with van der Waals surface area (Å²) in [6, 6.07) is 11.5. The van der Waals surface area contributed by atoms with Gasteiger partial charge in [0.2, 0.25) is 10.0 Å². The first-order valence-corrected chi connectivity index (χ1v) is 12.7. The number of carbonyl (C=O) groups is 1. The van der Waals surface area contributed by atoms with Crippen LogP contribution in [0.15, 0.2) is 56.1 Å². The van der Waals surface area contributed by atoms with Crippen molar-refractivity contribution < 1.29 is 27.1 Å². The molecule has 0 aliphatic heterocycles. The molecular weight excluding hydrogens is 538 g/mol. The number of hydrogen-bond acceptors (Lipinski definition) is 7. The molecule has 1 saturated carbocycles. The average molecular weight is 557 g/mol. The molecule has 1 fully saturated rings. The van der Waals surface area contributed by atoms with Gasteiger partial charge >= 0.3 is 0 Å². The zero-order chi connectivity index (χ0) is 23.6. The van der Waals surface area contributed by atoms with Gasteiger partial charge in [0.1, 0.15) is 24.7 Å². The topological polar surface area (TPSA) is 112 Å². The average Bonchev–Trinajstić information content (AvgIpc) is 3.60. The lowest BCUT2D eigenvalue weighted by Gasteiger charge is -2.13. The molecule has 1 N–H and O–H groups in total. The predicted octanol–water partition coefficient (Wildman–Crippen LogP) is 3.88. The van der Waals surface area contributed by atoms with E-state index < -0.39 is 27.8 Å². The summed E-state index contributed by atoms with van der Waals surface area (Å²) >= 11 is 9.59. The fraction of sp³-hybridized carbons (Fsp3) is 0.273. The lowest BCUT2D eigenvalue weighted by molar-refractivity contribution is -0.124. The van der Waals surface area contributed by atoms with Crippen molar-refractivity contribution in [2.75, 3.05) is 19.8 Å². The number of hydrogen-bond donors (Lipinski definition) is 1. The van der Waals surface area contributed by atoms with Crippen LogP contribution in [-0.2, 0) is 19.6 Å². The number of carbonyl (C=O) groups excluding carboxylic acids is 1. The Morgan fingerprint density at radius 2 is 1.97 bits per heavy atom. The van der Waals surface area contributed by atoms with E-state index in [2.05, 4.69) is 15.9 Å². The lowest BCUT2D eigenvalue weighted by atomic mass is 10.1. The molecule has 33 heavy (non-hydrogen) atoms. The second-order valence-electron chi connectivity index (χ2n) is 7.40. The maximum absolute atomic E-state index is 12.5. The van der Waals surface area contributed by atoms with Crippen LogP contribution in [0.4, 0.5) is 0 Å². The van der Waals surface area contributed by atoms with Crippen LogP contribution in [0.1, 0.15) is 12.8 Å². The van der Waals surface area contributed by atoms with Crippen molar-refractivity contribution in [2.45, 2.75) is 18.1 Å². The second-order valence-corrected chi connectivity index (χ2v) is 10.7. The van der Waals surface area contributed by atoms with Gasteiger partial charge in [0.25, 0.3) is 5.91 Å². The largest absolute Gasteiger partial charge is 0.490 e. The van der Waals surface area contributed by atoms with E-state index >= 15 is 0 Å². The number of sulfonamides is 1. The van der Waals surface area contributed by atoms with Gasteiger partial charge in [0.15, 0.2) is 11.0 Å². The number of para-hydroxylation sites is 1. The standard InChI is InChI=1S/C22H19BrClNO7S/c23-13-4-7-16(20-11-18(26)15-2-1-3-17(24)22(15)32-20)19(10-13)31-9-8-30-12-21(27)25-33(28,29)14-5-6-14/h1-4,7,10-11,14H,5-6,8-9,12H2,(H,25,27). The van der Waals surface area contributed by atoms with E-state index in [0.29, 0.717) is 34.6 Å². The Labute approximate surface area is 203 Å². The van der Waals surface area contributed by atoms with Gasteiger partial charge in [-0.05, 0) is 43.2 Å². The van der Waals surface area contributed by atoms with Crippen LogP contribution >= 0.6 is 27.5 Å². The Hall–Kier alpha value is -2.40. The van der Waals surface area contributed by atoms with E-state index in [4.69, 9.17) is 25.5 Å². The third-order valence-corrected chi connectivity index (χ3v) is 7.51. The van der Waals surface area contributed by atoms with Crippen LogP contribution in [0.25, 0.3) is 22.3 Å². The maximum Gasteiger partial charge on any atom is 0.259 e. The number of halogens is 2. The Bertz CT molecular complexity index is 1370. The lowest BCUT2D eigenvalue weighted by Crippen LogP contribution is -2.36. The molecule has 8 nitrogen and oxygen atoms in total. The van der Waals surface area contributed by atoms with Gasteiger partial charge in [-0.3, -0.25) is 14.3 Å². The van der Waals surface area contributed by atoms with Crippen LogP contribution in [0, 0.1) is 0 Å². The van der Waals surface area contributed by atoms with E-state index in [1.54, 1.807) is 36.4 Å². The van der Waals surface area contributed by atoms with Crippen LogP contribution in [0.5, 0.6) is 5.75 Å². The molecule has 1 amide bonds. The Morgan fingerprint density at radius 1 is 1.18 bits per heavy atom. The van der Waals surface area contributed by atoms with Crippen molar-refractivity contribution in [1.29, 1.82) is 0 Å². The first kappa shape index (κ1) is 23.7. The van der Waals surface area contributed by atoms with Gasteiger partial charge in [-0.25, -0.2) is 8.42 Å². The van der Waals surface area contributed by atoms with Crippen LogP contribution < -0.4 is 14.9 Å². The summed E-state index contributed by atoms with van der Waals surface area (Å²) < 4.78 is 43.2. The molecule has 1 aliphatic carbocycles. The van der Waals surface area contributed by atoms with E-state index in [0.717, 1.165) is 4.47 Å². The number of ether oxygens (including phenoxy) is 2. The Morgan fingerprint density at radius 3 is 2.73 bits per heavy atom. The molecule has 2 aromatic carbocycles. The summed E-state index contributed by atoms with van der Waals surface area (Å²) in [5, 5.41) is 0.215. The Kier molecular flexibility index (Phi) is 7.08. The zero-order valence-corrected chi connectivity index (χ0v) is 20.3. The molecule has 4 rings (SSSR count). The number of benzene rings is 2. The van der Waals surface area contributed by atoms with E-state index in [9.17, 15) is 18.0 Å². The summed E-state index contributed by atoms with van der Waals surface area (Å²) in [5.41, 5.74) is 0.578. The van der Waals surface area contributed by atoms with Crippen molar-refractivity contribution in [3.8, 4) is 17.1 Å². The maximum atomic E-state index is 12.5. The van der Waals surface area contributed by atoms with Gasteiger partial charge in [-0.1, -0.05) is 33.6 Å². The van der Waals surface area contributed by atoms with Crippen molar-refractivity contribution in [3.05, 3.63) is 62.2 Å². The SMILES string of the molecule is O=C(COCCOc1cc(Br)ccc1-c1cc(=O)c2cccc(Cl)c2o1)NS(=O)(=O)C1CC1. The highest BCUT2D eigenvalue weighted by atomic mass is 79.9. The van der Waals surface area contributed by atoms with Gasteiger partial charge < -0.3 is 13.9 Å². The summed E-state index contributed by atoms with van der Waals surface area (Å²) in [7, 11) is -3.60. The van der Waals surface area contributed by atoms with Crippen molar-refractivity contribution >= 4 is 54.4 Å². The first-order valence-electron chi connectivity index (χ1n) is 10.0. The van der Waals surface area contributed by atoms with Gasteiger partial charge in [-0.2, -0.15) is 0 Å². The van der Waals surface area contributed by atoms with Gasteiger partial charge in [-0.15, -0.1) is 0 Å². The van der Waals surface area contributed by atoms with Gasteiger partial charge in [0.05, 0.1) is 27.8 Å². The van der Waals surface area contributed by atoms with Crippen LogP contribution in [-0.4, -0.2) is 39.4 Å². The minimum atomic E-state index is -3.60. The Balaban J connectivity index is 1.42. The summed E-state index contributed by atoms with van der Waals surface area (Å²) in [5.74, 6) is -0.0168. The first-order chi connectivity index (χ1) is 15.7. The number of nitrogens with one attached hydrogen (secondary N) is 1. The molecule has 1 aromatic heterocycles. The fourth-order valence-corrected chi connectivity index (χ4v) is 4.97. The summed E-state index contributed by atoms with van der Waals surface area (Å²) in [4.78, 5) is 24.3. The van der Waals surface area contributed by atoms with Crippen molar-refractivity contribution in [3.63, 3.8) is 0 Å². The molecule has 0 spiro atoms. The van der Waals surface area contributed by atoms with Crippen molar-refractivity contribution in [2.24, 2.45) is 0 Å². The number of fused-ring (bicyclic) bond motifs is 1.